The summed E-state index contributed by atoms with van der Waals surface area (Å²) < 4.78 is 2.06. The van der Waals surface area contributed by atoms with E-state index in [0.717, 1.165) is 5.69 Å². The van der Waals surface area contributed by atoms with Gasteiger partial charge in [0.2, 0.25) is 5.69 Å². The summed E-state index contributed by atoms with van der Waals surface area (Å²) in [5.41, 5.74) is 1.16. The maximum atomic E-state index is 2.99. The van der Waals surface area contributed by atoms with Crippen molar-refractivity contribution in [3.05, 3.63) is 55.1 Å². The summed E-state index contributed by atoms with van der Waals surface area (Å²) in [7, 11) is 0. The number of aromatic amines is 1. The van der Waals surface area contributed by atoms with Crippen molar-refractivity contribution >= 4 is 0 Å². The Morgan fingerprint density at radius 2 is 1.43 bits per heavy atom. The van der Waals surface area contributed by atoms with E-state index in [1.807, 2.05) is 55.1 Å². The molecule has 0 unspecified atom stereocenters. The summed E-state index contributed by atoms with van der Waals surface area (Å²) in [6.07, 6.45) is 7.87. The Morgan fingerprint density at radius 3 is 2.00 bits per heavy atom. The molecule has 2 nitrogen and oxygen atoms in total. The molecular weight excluding hydrogens is 308 g/mol. The molecule has 2 heterocycles. The minimum atomic E-state index is 0. The lowest BCUT2D eigenvalue weighted by atomic mass is 10.4. The Labute approximate surface area is 104 Å². The van der Waals surface area contributed by atoms with Gasteiger partial charge < -0.3 is 34.0 Å². The van der Waals surface area contributed by atoms with Crippen molar-refractivity contribution < 1.29 is 43.5 Å². The molecule has 14 heavy (non-hydrogen) atoms. The first-order chi connectivity index (χ1) is 5.97. The molecule has 0 saturated heterocycles. The Bertz CT molecular complexity index is 314. The maximum absolute atomic E-state index is 2.99. The highest BCUT2D eigenvalue weighted by Gasteiger charge is 2.02. The van der Waals surface area contributed by atoms with E-state index in [-0.39, 0.29) is 34.0 Å². The maximum Gasteiger partial charge on any atom is 0.222 e. The van der Waals surface area contributed by atoms with Crippen LogP contribution in [0, 0.1) is 0 Å². The molecule has 0 aliphatic rings. The molecule has 2 rings (SSSR count). The van der Waals surface area contributed by atoms with Crippen LogP contribution in [0.3, 0.4) is 0 Å². The summed E-state index contributed by atoms with van der Waals surface area (Å²) in [6, 6.07) is 10.1. The average molecular weight is 318 g/mol. The monoisotopic (exact) mass is 316 g/mol. The zero-order valence-electron chi connectivity index (χ0n) is 7.40. The van der Waals surface area contributed by atoms with Crippen molar-refractivity contribution in [1.82, 2.24) is 0 Å². The number of hydrogen-bond donors (Lipinski definition) is 0. The van der Waals surface area contributed by atoms with Crippen LogP contribution in [0.1, 0.15) is 0 Å². The number of nitrogens with zero attached hydrogens (tertiary/aromatic N) is 1. The van der Waals surface area contributed by atoms with Gasteiger partial charge >= 0.3 is 0 Å². The van der Waals surface area contributed by atoms with Gasteiger partial charge in [-0.05, 0) is 0 Å². The Balaban J connectivity index is 0.000000845. The first-order valence-electron chi connectivity index (χ1n) is 3.89. The molecule has 4 heteroatoms. The summed E-state index contributed by atoms with van der Waals surface area (Å²) in [5, 5.41) is 0. The van der Waals surface area contributed by atoms with Gasteiger partial charge in [0.15, 0.2) is 24.8 Å². The predicted molar refractivity (Wildman–Crippen MR) is 44.5 cm³/mol. The number of aromatic nitrogens is 2. The Hall–Kier alpha value is -0.740. The Kier molecular flexibility index (Phi) is 6.32. The number of pyridine rings is 2. The van der Waals surface area contributed by atoms with Crippen molar-refractivity contribution in [2.24, 2.45) is 0 Å². The number of halogens is 2. The minimum absolute atomic E-state index is 0. The van der Waals surface area contributed by atoms with Gasteiger partial charge in [-0.3, -0.25) is 0 Å². The van der Waals surface area contributed by atoms with Crippen molar-refractivity contribution in [3.8, 4) is 5.69 Å². The van der Waals surface area contributed by atoms with Gasteiger partial charge in [0.1, 0.15) is 0 Å². The van der Waals surface area contributed by atoms with Gasteiger partial charge in [0.05, 0.1) is 12.1 Å². The fourth-order valence-corrected chi connectivity index (χ4v) is 1.12. The van der Waals surface area contributed by atoms with Gasteiger partial charge in [0.25, 0.3) is 0 Å². The molecule has 0 aliphatic carbocycles. The van der Waals surface area contributed by atoms with Crippen molar-refractivity contribution in [3.63, 3.8) is 0 Å². The van der Waals surface area contributed by atoms with Crippen LogP contribution >= 0.6 is 0 Å². The fourth-order valence-electron chi connectivity index (χ4n) is 1.12. The van der Waals surface area contributed by atoms with Crippen LogP contribution in [0.15, 0.2) is 55.1 Å². The first-order valence-corrected chi connectivity index (χ1v) is 3.89. The zero-order valence-corrected chi connectivity index (χ0v) is 10.6. The van der Waals surface area contributed by atoms with Gasteiger partial charge in [0, 0.05) is 12.1 Å². The van der Waals surface area contributed by atoms with Crippen LogP contribution in [0.2, 0.25) is 0 Å². The molecule has 1 N–H and O–H groups in total. The highest BCUT2D eigenvalue weighted by molar-refractivity contribution is 5.14. The lowest BCUT2D eigenvalue weighted by Gasteiger charge is -1.89. The van der Waals surface area contributed by atoms with Gasteiger partial charge in [-0.15, -0.1) is 0 Å². The SMILES string of the molecule is [Br-].[Br-].c1cc[n+](-c2cc[nH+]cc2)cc1. The highest BCUT2D eigenvalue weighted by atomic mass is 79.9. The molecular formula is C10H10Br2N2. The summed E-state index contributed by atoms with van der Waals surface area (Å²) in [5.74, 6) is 0. The normalized spacial score (nSPS) is 8.29. The fraction of sp³-hybridized carbons (Fsp3) is 0. The molecule has 0 atom stereocenters. The molecule has 0 spiro atoms. The quantitative estimate of drug-likeness (QED) is 0.468. The average Bonchev–Trinajstić information content (AvgIpc) is 2.21. The topological polar surface area (TPSA) is 18.0 Å². The predicted octanol–water partition coefficient (Wildman–Crippen LogP) is -5.21. The number of hydrogen-bond acceptors (Lipinski definition) is 0. The van der Waals surface area contributed by atoms with E-state index in [0.29, 0.717) is 0 Å². The number of H-pyrrole nitrogens is 1. The Morgan fingerprint density at radius 1 is 0.857 bits per heavy atom. The molecule has 0 amide bonds. The van der Waals surface area contributed by atoms with Crippen LogP contribution in [0.5, 0.6) is 0 Å². The standard InChI is InChI=1S/C10H9N2.2BrH/c1-2-8-12(9-3-1)10-4-6-11-7-5-10;;/h1-9H;2*1H/q+1;;/p-1. The van der Waals surface area contributed by atoms with E-state index in [2.05, 4.69) is 9.55 Å². The van der Waals surface area contributed by atoms with E-state index in [4.69, 9.17) is 0 Å². The van der Waals surface area contributed by atoms with Crippen LogP contribution in [0.25, 0.3) is 5.69 Å². The largest absolute Gasteiger partial charge is 1.00 e. The van der Waals surface area contributed by atoms with E-state index in [1.54, 1.807) is 0 Å². The molecule has 0 aliphatic heterocycles. The van der Waals surface area contributed by atoms with Crippen molar-refractivity contribution in [2.45, 2.75) is 0 Å². The van der Waals surface area contributed by atoms with Gasteiger partial charge in [-0.2, -0.15) is 4.57 Å². The van der Waals surface area contributed by atoms with Gasteiger partial charge in [-0.1, -0.05) is 6.07 Å². The number of rotatable bonds is 1. The first kappa shape index (κ1) is 13.3. The summed E-state index contributed by atoms with van der Waals surface area (Å²) in [6.45, 7) is 0. The summed E-state index contributed by atoms with van der Waals surface area (Å²) in [4.78, 5) is 2.99. The minimum Gasteiger partial charge on any atom is -1.00 e. The van der Waals surface area contributed by atoms with Crippen LogP contribution < -0.4 is 43.5 Å². The highest BCUT2D eigenvalue weighted by Crippen LogP contribution is 1.91. The van der Waals surface area contributed by atoms with E-state index >= 15 is 0 Å². The van der Waals surface area contributed by atoms with Crippen LogP contribution in [-0.2, 0) is 0 Å². The van der Waals surface area contributed by atoms with Gasteiger partial charge in [-0.25, -0.2) is 4.98 Å². The van der Waals surface area contributed by atoms with Crippen LogP contribution in [0.4, 0.5) is 0 Å². The third-order valence-electron chi connectivity index (χ3n) is 1.71. The molecule has 0 radical (unpaired) electrons. The summed E-state index contributed by atoms with van der Waals surface area (Å²) >= 11 is 0. The molecule has 0 aromatic carbocycles. The lowest BCUT2D eigenvalue weighted by molar-refractivity contribution is -0.596. The van der Waals surface area contributed by atoms with E-state index in [1.165, 1.54) is 0 Å². The van der Waals surface area contributed by atoms with E-state index in [9.17, 15) is 0 Å². The second-order valence-electron chi connectivity index (χ2n) is 2.54. The zero-order chi connectivity index (χ0) is 8.23. The second-order valence-corrected chi connectivity index (χ2v) is 2.54. The molecule has 74 valence electrons. The molecule has 0 fully saturated rings. The number of nitrogens with one attached hydrogen (secondary N) is 1. The van der Waals surface area contributed by atoms with Crippen molar-refractivity contribution in [2.75, 3.05) is 0 Å². The van der Waals surface area contributed by atoms with Crippen LogP contribution in [-0.4, -0.2) is 0 Å². The smallest absolute Gasteiger partial charge is 0.222 e. The third-order valence-corrected chi connectivity index (χ3v) is 1.71. The third kappa shape index (κ3) is 3.20. The molecule has 0 saturated carbocycles. The molecule has 2 aromatic rings. The molecule has 0 bridgehead atoms. The second kappa shape index (κ2) is 6.68. The lowest BCUT2D eigenvalue weighted by Crippen LogP contribution is -3.00. The van der Waals surface area contributed by atoms with Crippen molar-refractivity contribution in [1.29, 1.82) is 0 Å². The molecule has 2 aromatic heterocycles. The van der Waals surface area contributed by atoms with E-state index < -0.39 is 0 Å².